The van der Waals surface area contributed by atoms with Crippen LogP contribution in [-0.2, 0) is 4.79 Å². The van der Waals surface area contributed by atoms with Gasteiger partial charge >= 0.3 is 0 Å². The number of hydrogen-bond acceptors (Lipinski definition) is 2. The van der Waals surface area contributed by atoms with Crippen LogP contribution in [0, 0.1) is 0 Å². The molecule has 1 atom stereocenters. The van der Waals surface area contributed by atoms with E-state index in [1.54, 1.807) is 25.1 Å². The summed E-state index contributed by atoms with van der Waals surface area (Å²) >= 11 is 12.0. The highest BCUT2D eigenvalue weighted by atomic mass is 35.5. The molecule has 0 aliphatic rings. The Hall–Kier alpha value is -2.49. The van der Waals surface area contributed by atoms with Crippen molar-refractivity contribution in [3.63, 3.8) is 0 Å². The van der Waals surface area contributed by atoms with E-state index in [4.69, 9.17) is 27.9 Å². The van der Waals surface area contributed by atoms with Crippen molar-refractivity contribution in [2.75, 3.05) is 5.32 Å². The minimum absolute atomic E-state index is 0.264. The Morgan fingerprint density at radius 3 is 2.38 bits per heavy atom. The van der Waals surface area contributed by atoms with Crippen LogP contribution in [0.5, 0.6) is 5.75 Å². The number of ether oxygens (including phenoxy) is 1. The topological polar surface area (TPSA) is 38.3 Å². The Morgan fingerprint density at radius 1 is 0.962 bits per heavy atom. The normalized spacial score (nSPS) is 11.7. The molecule has 5 heteroatoms. The van der Waals surface area contributed by atoms with E-state index in [0.717, 1.165) is 16.8 Å². The lowest BCUT2D eigenvalue weighted by Crippen LogP contribution is -2.30. The second-order valence-corrected chi connectivity index (χ2v) is 6.58. The van der Waals surface area contributed by atoms with Crippen LogP contribution in [0.1, 0.15) is 6.92 Å². The number of benzene rings is 3. The van der Waals surface area contributed by atoms with Crippen LogP contribution >= 0.6 is 23.2 Å². The number of amides is 1. The molecule has 0 radical (unpaired) electrons. The van der Waals surface area contributed by atoms with Gasteiger partial charge in [0, 0.05) is 16.3 Å². The van der Waals surface area contributed by atoms with Gasteiger partial charge in [-0.3, -0.25) is 4.79 Å². The monoisotopic (exact) mass is 385 g/mol. The quantitative estimate of drug-likeness (QED) is 0.578. The van der Waals surface area contributed by atoms with Crippen LogP contribution in [0.3, 0.4) is 0 Å². The molecule has 1 amide bonds. The summed E-state index contributed by atoms with van der Waals surface area (Å²) in [4.78, 5) is 12.6. The van der Waals surface area contributed by atoms with Gasteiger partial charge in [0.25, 0.3) is 5.91 Å². The molecule has 132 valence electrons. The molecule has 0 unspecified atom stereocenters. The van der Waals surface area contributed by atoms with Gasteiger partial charge in [0.15, 0.2) is 6.10 Å². The average molecular weight is 386 g/mol. The van der Waals surface area contributed by atoms with E-state index >= 15 is 0 Å². The Balaban J connectivity index is 1.76. The maximum Gasteiger partial charge on any atom is 0.265 e. The maximum atomic E-state index is 12.6. The van der Waals surface area contributed by atoms with Crippen molar-refractivity contribution >= 4 is 34.8 Å². The van der Waals surface area contributed by atoms with Crippen LogP contribution < -0.4 is 10.1 Å². The molecule has 0 aliphatic carbocycles. The molecule has 3 rings (SSSR count). The second kappa shape index (κ2) is 8.26. The number of para-hydroxylation sites is 1. The molecule has 1 N–H and O–H groups in total. The van der Waals surface area contributed by atoms with Crippen molar-refractivity contribution in [1.29, 1.82) is 0 Å². The molecule has 0 bridgehead atoms. The first kappa shape index (κ1) is 18.3. The van der Waals surface area contributed by atoms with Crippen LogP contribution in [0.15, 0.2) is 72.8 Å². The molecule has 0 saturated heterocycles. The van der Waals surface area contributed by atoms with Gasteiger partial charge in [0.2, 0.25) is 0 Å². The summed E-state index contributed by atoms with van der Waals surface area (Å²) < 4.78 is 5.68. The summed E-state index contributed by atoms with van der Waals surface area (Å²) in [6.07, 6.45) is -0.725. The molecule has 3 nitrogen and oxygen atoms in total. The van der Waals surface area contributed by atoms with Crippen LogP contribution in [0.25, 0.3) is 11.1 Å². The van der Waals surface area contributed by atoms with Crippen molar-refractivity contribution < 1.29 is 9.53 Å². The maximum absolute atomic E-state index is 12.6. The second-order valence-electron chi connectivity index (χ2n) is 5.74. The van der Waals surface area contributed by atoms with Gasteiger partial charge in [0.05, 0.1) is 5.02 Å². The molecule has 0 fully saturated rings. The Bertz CT molecular complexity index is 913. The van der Waals surface area contributed by atoms with E-state index in [2.05, 4.69) is 5.32 Å². The van der Waals surface area contributed by atoms with Gasteiger partial charge in [0.1, 0.15) is 5.75 Å². The summed E-state index contributed by atoms with van der Waals surface area (Å²) in [6, 6.07) is 22.4. The lowest BCUT2D eigenvalue weighted by Gasteiger charge is -2.17. The van der Waals surface area contributed by atoms with Gasteiger partial charge in [-0.05, 0) is 36.8 Å². The summed E-state index contributed by atoms with van der Waals surface area (Å²) in [7, 11) is 0. The minimum atomic E-state index is -0.725. The number of carbonyl (C=O) groups is 1. The zero-order valence-electron chi connectivity index (χ0n) is 14.1. The SMILES string of the molecule is C[C@@H](Oc1ccc(Cl)cc1Cl)C(=O)Nc1ccccc1-c1ccccc1. The van der Waals surface area contributed by atoms with E-state index in [1.807, 2.05) is 54.6 Å². The first-order chi connectivity index (χ1) is 12.5. The minimum Gasteiger partial charge on any atom is -0.479 e. The third kappa shape index (κ3) is 4.37. The smallest absolute Gasteiger partial charge is 0.265 e. The molecule has 0 heterocycles. The summed E-state index contributed by atoms with van der Waals surface area (Å²) in [6.45, 7) is 1.67. The molecule has 3 aromatic rings. The van der Waals surface area contributed by atoms with Gasteiger partial charge in [-0.2, -0.15) is 0 Å². The number of halogens is 2. The highest BCUT2D eigenvalue weighted by Crippen LogP contribution is 2.30. The zero-order valence-corrected chi connectivity index (χ0v) is 15.6. The highest BCUT2D eigenvalue weighted by Gasteiger charge is 2.18. The Morgan fingerprint density at radius 2 is 1.65 bits per heavy atom. The highest BCUT2D eigenvalue weighted by molar-refractivity contribution is 6.35. The molecular formula is C21H17Cl2NO2. The average Bonchev–Trinajstić information content (AvgIpc) is 2.65. The molecule has 3 aromatic carbocycles. The fourth-order valence-corrected chi connectivity index (χ4v) is 2.96. The number of anilines is 1. The largest absolute Gasteiger partial charge is 0.479 e. The van der Waals surface area contributed by atoms with Crippen LogP contribution in [-0.4, -0.2) is 12.0 Å². The number of hydrogen-bond donors (Lipinski definition) is 1. The summed E-state index contributed by atoms with van der Waals surface area (Å²) in [5, 5.41) is 3.80. The molecule has 0 saturated carbocycles. The third-order valence-corrected chi connectivity index (χ3v) is 4.37. The van der Waals surface area contributed by atoms with Crippen LogP contribution in [0.2, 0.25) is 10.0 Å². The van der Waals surface area contributed by atoms with Crippen LogP contribution in [0.4, 0.5) is 5.69 Å². The standard InChI is InChI=1S/C21H17Cl2NO2/c1-14(26-20-12-11-16(22)13-18(20)23)21(25)24-19-10-6-5-9-17(19)15-7-3-2-4-8-15/h2-14H,1H3,(H,24,25)/t14-/m1/s1. The van der Waals surface area contributed by atoms with Crippen molar-refractivity contribution in [2.45, 2.75) is 13.0 Å². The predicted octanol–water partition coefficient (Wildman–Crippen LogP) is 6.07. The lowest BCUT2D eigenvalue weighted by molar-refractivity contribution is -0.122. The van der Waals surface area contributed by atoms with Gasteiger partial charge < -0.3 is 10.1 Å². The summed E-state index contributed by atoms with van der Waals surface area (Å²) in [5.74, 6) is 0.148. The third-order valence-electron chi connectivity index (χ3n) is 3.84. The lowest BCUT2D eigenvalue weighted by atomic mass is 10.0. The number of rotatable bonds is 5. The van der Waals surface area contributed by atoms with E-state index in [9.17, 15) is 4.79 Å². The van der Waals surface area contributed by atoms with E-state index in [0.29, 0.717) is 15.8 Å². The first-order valence-corrected chi connectivity index (χ1v) is 8.87. The summed E-state index contributed by atoms with van der Waals surface area (Å²) in [5.41, 5.74) is 2.69. The van der Waals surface area contributed by atoms with Crippen molar-refractivity contribution in [1.82, 2.24) is 0 Å². The van der Waals surface area contributed by atoms with Gasteiger partial charge in [-0.1, -0.05) is 71.7 Å². The first-order valence-electron chi connectivity index (χ1n) is 8.11. The van der Waals surface area contributed by atoms with Crippen molar-refractivity contribution in [3.05, 3.63) is 82.8 Å². The van der Waals surface area contributed by atoms with E-state index < -0.39 is 6.10 Å². The predicted molar refractivity (Wildman–Crippen MR) is 107 cm³/mol. The fraction of sp³-hybridized carbons (Fsp3) is 0.0952. The molecule has 0 spiro atoms. The van der Waals surface area contributed by atoms with E-state index in [-0.39, 0.29) is 5.91 Å². The van der Waals surface area contributed by atoms with Crippen molar-refractivity contribution in [3.8, 4) is 16.9 Å². The molecular weight excluding hydrogens is 369 g/mol. The Kier molecular flexibility index (Phi) is 5.82. The molecule has 0 aromatic heterocycles. The van der Waals surface area contributed by atoms with E-state index in [1.165, 1.54) is 0 Å². The van der Waals surface area contributed by atoms with Crippen molar-refractivity contribution in [2.24, 2.45) is 0 Å². The fourth-order valence-electron chi connectivity index (χ4n) is 2.51. The molecule has 0 aliphatic heterocycles. The zero-order chi connectivity index (χ0) is 18.5. The number of nitrogens with one attached hydrogen (secondary N) is 1. The Labute approximate surface area is 162 Å². The number of carbonyl (C=O) groups excluding carboxylic acids is 1. The molecule has 26 heavy (non-hydrogen) atoms. The van der Waals surface area contributed by atoms with Gasteiger partial charge in [-0.25, -0.2) is 0 Å². The van der Waals surface area contributed by atoms with Gasteiger partial charge in [-0.15, -0.1) is 0 Å².